The Balaban J connectivity index is 1.03. The summed E-state index contributed by atoms with van der Waals surface area (Å²) in [5, 5.41) is 0. The van der Waals surface area contributed by atoms with Gasteiger partial charge in [-0.2, -0.15) is 0 Å². The molecule has 0 aliphatic carbocycles. The van der Waals surface area contributed by atoms with Gasteiger partial charge in [-0.3, -0.25) is 0 Å². The van der Waals surface area contributed by atoms with Crippen molar-refractivity contribution in [3.05, 3.63) is 108 Å². The molecule has 0 aliphatic rings. The van der Waals surface area contributed by atoms with E-state index in [1.54, 1.807) is 0 Å². The summed E-state index contributed by atoms with van der Waals surface area (Å²) in [6.45, 7) is 15.7. The van der Waals surface area contributed by atoms with Crippen molar-refractivity contribution >= 4 is 0 Å². The summed E-state index contributed by atoms with van der Waals surface area (Å²) < 4.78 is 9.62. The lowest BCUT2D eigenvalue weighted by Crippen LogP contribution is -2.37. The van der Waals surface area contributed by atoms with E-state index in [0.29, 0.717) is 0 Å². The van der Waals surface area contributed by atoms with Gasteiger partial charge in [0.1, 0.15) is 26.2 Å². The molecule has 0 spiro atoms. The van der Waals surface area contributed by atoms with Crippen molar-refractivity contribution in [2.45, 2.75) is 164 Å². The van der Waals surface area contributed by atoms with E-state index in [-0.39, 0.29) is 0 Å². The molecule has 0 radical (unpaired) electrons. The van der Waals surface area contributed by atoms with E-state index >= 15 is 0 Å². The molecule has 0 saturated heterocycles. The molecule has 0 unspecified atom stereocenters. The van der Waals surface area contributed by atoms with Crippen LogP contribution in [0.25, 0.3) is 11.1 Å². The van der Waals surface area contributed by atoms with Crippen LogP contribution in [0.3, 0.4) is 0 Å². The molecular formula is C45H68N4+4. The van der Waals surface area contributed by atoms with Crippen molar-refractivity contribution in [2.24, 2.45) is 0 Å². The van der Waals surface area contributed by atoms with E-state index in [0.717, 1.165) is 26.2 Å². The van der Waals surface area contributed by atoms with Gasteiger partial charge in [-0.05, 0) is 56.7 Å². The average molecular weight is 665 g/mol. The molecule has 4 nitrogen and oxygen atoms in total. The number of nitrogens with zero attached hydrogens (tertiary/aromatic N) is 4. The molecule has 4 aromatic heterocycles. The Kier molecular flexibility index (Phi) is 17.0. The lowest BCUT2D eigenvalue weighted by atomic mass is 10.1. The lowest BCUT2D eigenvalue weighted by molar-refractivity contribution is -0.703. The second kappa shape index (κ2) is 21.6. The Morgan fingerprint density at radius 1 is 0.367 bits per heavy atom. The van der Waals surface area contributed by atoms with Crippen LogP contribution in [0.5, 0.6) is 0 Å². The van der Waals surface area contributed by atoms with E-state index in [4.69, 9.17) is 0 Å². The fourth-order valence-corrected chi connectivity index (χ4v) is 7.35. The smallest absolute Gasteiger partial charge is 0.178 e. The van der Waals surface area contributed by atoms with Gasteiger partial charge in [0, 0.05) is 94.0 Å². The topological polar surface area (TPSA) is 15.5 Å². The minimum absolute atomic E-state index is 1.13. The molecule has 4 rings (SSSR count). The van der Waals surface area contributed by atoms with Crippen molar-refractivity contribution in [2.75, 3.05) is 0 Å². The Bertz CT molecular complexity index is 1520. The largest absolute Gasteiger partial charge is 0.205 e. The summed E-state index contributed by atoms with van der Waals surface area (Å²) >= 11 is 0. The summed E-state index contributed by atoms with van der Waals surface area (Å²) in [7, 11) is 0. The van der Waals surface area contributed by atoms with Gasteiger partial charge in [-0.1, -0.05) is 57.4 Å². The van der Waals surface area contributed by atoms with Crippen LogP contribution in [0, 0.1) is 34.6 Å². The summed E-state index contributed by atoms with van der Waals surface area (Å²) in [5.74, 6) is 0. The van der Waals surface area contributed by atoms with Gasteiger partial charge in [-0.25, -0.2) is 18.3 Å². The number of aromatic nitrogens is 4. The molecule has 0 aromatic carbocycles. The minimum Gasteiger partial charge on any atom is -0.205 e. The van der Waals surface area contributed by atoms with Gasteiger partial charge in [0.25, 0.3) is 0 Å². The molecule has 4 aromatic rings. The highest BCUT2D eigenvalue weighted by atomic mass is 15.0. The molecule has 0 fully saturated rings. The van der Waals surface area contributed by atoms with Crippen molar-refractivity contribution in [1.29, 1.82) is 0 Å². The molecule has 4 heteroatoms. The van der Waals surface area contributed by atoms with Gasteiger partial charge in [-0.15, -0.1) is 0 Å². The summed E-state index contributed by atoms with van der Waals surface area (Å²) in [6.07, 6.45) is 32.8. The second-order valence-electron chi connectivity index (χ2n) is 14.8. The van der Waals surface area contributed by atoms with Crippen LogP contribution in [0.4, 0.5) is 0 Å². The highest BCUT2D eigenvalue weighted by molar-refractivity contribution is 5.62. The first-order valence-corrected chi connectivity index (χ1v) is 19.8. The maximum Gasteiger partial charge on any atom is 0.178 e. The van der Waals surface area contributed by atoms with Crippen molar-refractivity contribution in [1.82, 2.24) is 0 Å². The number of hydrogen-bond donors (Lipinski definition) is 0. The maximum absolute atomic E-state index is 2.44. The number of aryl methyl sites for hydroxylation is 9. The van der Waals surface area contributed by atoms with Gasteiger partial charge in [0.2, 0.25) is 0 Å². The zero-order chi connectivity index (χ0) is 34.7. The molecule has 0 aliphatic heterocycles. The molecule has 0 bridgehead atoms. The zero-order valence-electron chi connectivity index (χ0n) is 31.9. The first-order valence-electron chi connectivity index (χ1n) is 19.8. The van der Waals surface area contributed by atoms with Gasteiger partial charge >= 0.3 is 0 Å². The number of unbranched alkanes of at least 4 members (excludes halogenated alkanes) is 14. The highest BCUT2D eigenvalue weighted by Gasteiger charge is 2.13. The monoisotopic (exact) mass is 665 g/mol. The van der Waals surface area contributed by atoms with Crippen LogP contribution in [-0.4, -0.2) is 0 Å². The van der Waals surface area contributed by atoms with E-state index in [1.165, 1.54) is 142 Å². The van der Waals surface area contributed by atoms with E-state index in [9.17, 15) is 0 Å². The number of pyridine rings is 4. The van der Waals surface area contributed by atoms with Crippen LogP contribution in [0.1, 0.15) is 131 Å². The molecule has 0 N–H and O–H groups in total. The summed E-state index contributed by atoms with van der Waals surface area (Å²) in [5.41, 5.74) is 9.47. The predicted octanol–water partition coefficient (Wildman–Crippen LogP) is 9.69. The quantitative estimate of drug-likeness (QED) is 0.0554. The third kappa shape index (κ3) is 14.2. The lowest BCUT2D eigenvalue weighted by Gasteiger charge is -2.07. The van der Waals surface area contributed by atoms with Crippen LogP contribution >= 0.6 is 0 Å². The van der Waals surface area contributed by atoms with Crippen LogP contribution in [-0.2, 0) is 26.2 Å². The van der Waals surface area contributed by atoms with Crippen molar-refractivity contribution < 1.29 is 18.3 Å². The van der Waals surface area contributed by atoms with E-state index in [1.807, 2.05) is 0 Å². The molecular weight excluding hydrogens is 597 g/mol. The second-order valence-corrected chi connectivity index (χ2v) is 14.8. The van der Waals surface area contributed by atoms with Crippen molar-refractivity contribution in [3.63, 3.8) is 0 Å². The first-order chi connectivity index (χ1) is 23.9. The molecule has 264 valence electrons. The third-order valence-electron chi connectivity index (χ3n) is 10.3. The number of rotatable bonds is 23. The number of hydrogen-bond acceptors (Lipinski definition) is 0. The van der Waals surface area contributed by atoms with Gasteiger partial charge < -0.3 is 0 Å². The summed E-state index contributed by atoms with van der Waals surface area (Å²) in [6, 6.07) is 18.1. The Hall–Kier alpha value is -3.40. The Morgan fingerprint density at radius 3 is 1.16 bits per heavy atom. The van der Waals surface area contributed by atoms with Crippen LogP contribution in [0.2, 0.25) is 0 Å². The Labute approximate surface area is 299 Å². The molecule has 0 saturated carbocycles. The fourth-order valence-electron chi connectivity index (χ4n) is 7.35. The van der Waals surface area contributed by atoms with Gasteiger partial charge in [0.05, 0.1) is 0 Å². The minimum atomic E-state index is 1.13. The molecule has 0 atom stereocenters. The normalized spacial score (nSPS) is 11.4. The SMILES string of the molecule is Cc1cc(C)c[n+](CCCCCCCCCC[n+]2ccc(-c3cc[n+](CCCCCCCCCC[n+]4ccccc4C)c(C)c3)cc2C)c1. The van der Waals surface area contributed by atoms with Crippen LogP contribution in [0.15, 0.2) is 79.5 Å². The molecule has 4 heterocycles. The Morgan fingerprint density at radius 2 is 0.755 bits per heavy atom. The molecule has 0 amide bonds. The zero-order valence-corrected chi connectivity index (χ0v) is 31.9. The highest BCUT2D eigenvalue weighted by Crippen LogP contribution is 2.19. The van der Waals surface area contributed by atoms with Crippen molar-refractivity contribution in [3.8, 4) is 11.1 Å². The standard InChI is InChI=1S/C45H68N4/c1-39-34-40(2)38-46(37-39)27-19-14-10-6-7-12-16-21-29-48-32-25-44(35-42(48)4)45-26-33-49(43(5)36-45)30-22-17-13-9-8-11-15-20-28-47-31-23-18-24-41(47)3/h18,23-26,31-38H,6-17,19-22,27-30H2,1-5H3/q+4. The summed E-state index contributed by atoms with van der Waals surface area (Å²) in [4.78, 5) is 0. The maximum atomic E-state index is 2.44. The van der Waals surface area contributed by atoms with Gasteiger partial charge in [0.15, 0.2) is 48.1 Å². The third-order valence-corrected chi connectivity index (χ3v) is 10.3. The van der Waals surface area contributed by atoms with E-state index < -0.39 is 0 Å². The average Bonchev–Trinajstić information content (AvgIpc) is 3.08. The van der Waals surface area contributed by atoms with Crippen LogP contribution < -0.4 is 18.3 Å². The van der Waals surface area contributed by atoms with E-state index in [2.05, 4.69) is 132 Å². The predicted molar refractivity (Wildman–Crippen MR) is 203 cm³/mol. The fraction of sp³-hybridized carbons (Fsp3) is 0.556. The molecule has 49 heavy (non-hydrogen) atoms. The first kappa shape index (κ1) is 38.4.